The minimum absolute atomic E-state index is 0.0482. The average molecular weight is 480 g/mol. The number of halogens is 1. The molecule has 2 aliphatic heterocycles. The van der Waals surface area contributed by atoms with Gasteiger partial charge in [0.15, 0.2) is 0 Å². The van der Waals surface area contributed by atoms with Crippen molar-refractivity contribution in [3.63, 3.8) is 0 Å². The van der Waals surface area contributed by atoms with Gasteiger partial charge >= 0.3 is 0 Å². The first-order valence-electron chi connectivity index (χ1n) is 9.88. The van der Waals surface area contributed by atoms with Crippen molar-refractivity contribution in [2.75, 3.05) is 39.3 Å². The molecule has 6 nitrogen and oxygen atoms in total. The summed E-state index contributed by atoms with van der Waals surface area (Å²) < 4.78 is 28.1. The highest BCUT2D eigenvalue weighted by Gasteiger charge is 2.38. The SMILES string of the molecule is O=S(=O)(c1ccccc1Br)N1CCN(C2CN(Cc3ccccc3)CC2O)CC1. The molecule has 0 radical (unpaired) electrons. The Bertz CT molecular complexity index is 933. The van der Waals surface area contributed by atoms with E-state index in [0.717, 1.165) is 13.1 Å². The molecule has 2 aromatic carbocycles. The first-order valence-corrected chi connectivity index (χ1v) is 12.1. The van der Waals surface area contributed by atoms with Crippen LogP contribution in [0.5, 0.6) is 0 Å². The third-order valence-electron chi connectivity index (χ3n) is 5.78. The van der Waals surface area contributed by atoms with E-state index in [9.17, 15) is 13.5 Å². The second-order valence-electron chi connectivity index (χ2n) is 7.68. The van der Waals surface area contributed by atoms with Crippen molar-refractivity contribution in [3.05, 3.63) is 64.6 Å². The van der Waals surface area contributed by atoms with E-state index < -0.39 is 16.1 Å². The van der Waals surface area contributed by atoms with Crippen molar-refractivity contribution in [2.24, 2.45) is 0 Å². The zero-order chi connectivity index (χ0) is 20.4. The Morgan fingerprint density at radius 1 is 0.931 bits per heavy atom. The summed E-state index contributed by atoms with van der Waals surface area (Å²) in [5.74, 6) is 0. The molecule has 2 aromatic rings. The molecule has 0 amide bonds. The van der Waals surface area contributed by atoms with Crippen molar-refractivity contribution in [1.29, 1.82) is 0 Å². The molecule has 4 rings (SSSR count). The van der Waals surface area contributed by atoms with Crippen molar-refractivity contribution >= 4 is 26.0 Å². The quantitative estimate of drug-likeness (QED) is 0.710. The van der Waals surface area contributed by atoms with E-state index in [1.54, 1.807) is 22.5 Å². The van der Waals surface area contributed by atoms with Gasteiger partial charge in [-0.2, -0.15) is 4.31 Å². The van der Waals surface area contributed by atoms with Crippen LogP contribution in [-0.4, -0.2) is 79.0 Å². The Morgan fingerprint density at radius 2 is 1.59 bits per heavy atom. The van der Waals surface area contributed by atoms with Gasteiger partial charge in [0.25, 0.3) is 0 Å². The number of β-amino-alcohol motifs (C(OH)–C–C–N with tert-alkyl or cyclic N) is 1. The van der Waals surface area contributed by atoms with Crippen LogP contribution in [0.3, 0.4) is 0 Å². The van der Waals surface area contributed by atoms with Crippen LogP contribution in [0.15, 0.2) is 64.0 Å². The number of aliphatic hydroxyl groups excluding tert-OH is 1. The van der Waals surface area contributed by atoms with E-state index in [0.29, 0.717) is 42.1 Å². The van der Waals surface area contributed by atoms with Gasteiger partial charge in [-0.1, -0.05) is 42.5 Å². The molecule has 2 aliphatic rings. The maximum atomic E-state index is 13.0. The molecule has 156 valence electrons. The van der Waals surface area contributed by atoms with Crippen LogP contribution in [0.2, 0.25) is 0 Å². The lowest BCUT2D eigenvalue weighted by atomic mass is 10.1. The molecule has 2 atom stereocenters. The van der Waals surface area contributed by atoms with Crippen LogP contribution in [0.25, 0.3) is 0 Å². The Hall–Kier alpha value is -1.29. The summed E-state index contributed by atoms with van der Waals surface area (Å²) in [6, 6.07) is 17.3. The van der Waals surface area contributed by atoms with Crippen LogP contribution in [-0.2, 0) is 16.6 Å². The zero-order valence-corrected chi connectivity index (χ0v) is 18.6. The van der Waals surface area contributed by atoms with E-state index in [1.807, 2.05) is 24.3 Å². The summed E-state index contributed by atoms with van der Waals surface area (Å²) in [6.45, 7) is 4.40. The lowest BCUT2D eigenvalue weighted by Crippen LogP contribution is -2.54. The van der Waals surface area contributed by atoms with Gasteiger partial charge < -0.3 is 5.11 Å². The molecule has 8 heteroatoms. The molecule has 2 unspecified atom stereocenters. The highest BCUT2D eigenvalue weighted by atomic mass is 79.9. The number of sulfonamides is 1. The lowest BCUT2D eigenvalue weighted by Gasteiger charge is -2.38. The summed E-state index contributed by atoms with van der Waals surface area (Å²) in [5.41, 5.74) is 1.24. The molecule has 0 spiro atoms. The Balaban J connectivity index is 1.36. The smallest absolute Gasteiger partial charge is 0.244 e. The van der Waals surface area contributed by atoms with Crippen molar-refractivity contribution in [3.8, 4) is 0 Å². The molecular weight excluding hydrogens is 454 g/mol. The predicted octanol–water partition coefficient (Wildman–Crippen LogP) is 2.00. The van der Waals surface area contributed by atoms with Crippen LogP contribution in [0, 0.1) is 0 Å². The van der Waals surface area contributed by atoms with Crippen LogP contribution >= 0.6 is 15.9 Å². The summed E-state index contributed by atoms with van der Waals surface area (Å²) in [6.07, 6.45) is -0.412. The topological polar surface area (TPSA) is 64.1 Å². The fraction of sp³-hybridized carbons (Fsp3) is 0.429. The number of likely N-dealkylation sites (tertiary alicyclic amines) is 1. The molecule has 2 saturated heterocycles. The number of piperazine rings is 1. The summed E-state index contributed by atoms with van der Waals surface area (Å²) in [4.78, 5) is 4.82. The molecule has 0 aromatic heterocycles. The van der Waals surface area contributed by atoms with Crippen LogP contribution in [0.1, 0.15) is 5.56 Å². The van der Waals surface area contributed by atoms with Gasteiger partial charge in [0.1, 0.15) is 0 Å². The number of benzene rings is 2. The second kappa shape index (κ2) is 8.83. The first-order chi connectivity index (χ1) is 13.9. The first kappa shape index (κ1) is 21.0. The molecule has 0 aliphatic carbocycles. The minimum atomic E-state index is -3.52. The number of hydrogen-bond donors (Lipinski definition) is 1. The summed E-state index contributed by atoms with van der Waals surface area (Å²) in [7, 11) is -3.52. The lowest BCUT2D eigenvalue weighted by molar-refractivity contribution is 0.0618. The van der Waals surface area contributed by atoms with E-state index in [2.05, 4.69) is 37.9 Å². The molecule has 1 N–H and O–H groups in total. The molecule has 0 saturated carbocycles. The summed E-state index contributed by atoms with van der Waals surface area (Å²) in [5, 5.41) is 10.6. The second-order valence-corrected chi connectivity index (χ2v) is 10.4. The predicted molar refractivity (Wildman–Crippen MR) is 116 cm³/mol. The number of hydrogen-bond acceptors (Lipinski definition) is 5. The zero-order valence-electron chi connectivity index (χ0n) is 16.2. The standard InChI is InChI=1S/C21H26BrN3O3S/c22-18-8-4-5-9-21(18)29(27,28)25-12-10-24(11-13-25)19-15-23(16-20(19)26)14-17-6-2-1-3-7-17/h1-9,19-20,26H,10-16H2. The number of aliphatic hydroxyl groups is 1. The highest BCUT2D eigenvalue weighted by molar-refractivity contribution is 9.10. The van der Waals surface area contributed by atoms with E-state index in [4.69, 9.17) is 0 Å². The van der Waals surface area contributed by atoms with Crippen molar-refractivity contribution in [1.82, 2.24) is 14.1 Å². The van der Waals surface area contributed by atoms with E-state index in [-0.39, 0.29) is 6.04 Å². The maximum Gasteiger partial charge on any atom is 0.244 e. The highest BCUT2D eigenvalue weighted by Crippen LogP contribution is 2.27. The maximum absolute atomic E-state index is 13.0. The minimum Gasteiger partial charge on any atom is -0.390 e. The van der Waals surface area contributed by atoms with Gasteiger partial charge in [0, 0.05) is 56.3 Å². The third-order valence-corrected chi connectivity index (χ3v) is 8.69. The molecule has 2 fully saturated rings. The summed E-state index contributed by atoms with van der Waals surface area (Å²) >= 11 is 3.35. The fourth-order valence-electron chi connectivity index (χ4n) is 4.25. The normalized spacial score (nSPS) is 24.8. The van der Waals surface area contributed by atoms with Gasteiger partial charge in [-0.25, -0.2) is 8.42 Å². The van der Waals surface area contributed by atoms with Gasteiger partial charge in [-0.15, -0.1) is 0 Å². The fourth-order valence-corrected chi connectivity index (χ4v) is 6.63. The van der Waals surface area contributed by atoms with Gasteiger partial charge in [0.2, 0.25) is 10.0 Å². The molecular formula is C21H26BrN3O3S. The molecule has 0 bridgehead atoms. The van der Waals surface area contributed by atoms with E-state index >= 15 is 0 Å². The van der Waals surface area contributed by atoms with E-state index in [1.165, 1.54) is 5.56 Å². The number of rotatable bonds is 5. The number of nitrogens with zero attached hydrogens (tertiary/aromatic N) is 3. The van der Waals surface area contributed by atoms with Crippen molar-refractivity contribution < 1.29 is 13.5 Å². The van der Waals surface area contributed by atoms with Crippen LogP contribution < -0.4 is 0 Å². The van der Waals surface area contributed by atoms with Gasteiger partial charge in [0.05, 0.1) is 11.0 Å². The Kier molecular flexibility index (Phi) is 6.38. The molecule has 2 heterocycles. The Morgan fingerprint density at radius 3 is 2.28 bits per heavy atom. The van der Waals surface area contributed by atoms with Crippen molar-refractivity contribution in [2.45, 2.75) is 23.6 Å². The Labute approximate surface area is 180 Å². The average Bonchev–Trinajstić information content (AvgIpc) is 3.09. The van der Waals surface area contributed by atoms with Crippen LogP contribution in [0.4, 0.5) is 0 Å². The largest absolute Gasteiger partial charge is 0.390 e. The van der Waals surface area contributed by atoms with Gasteiger partial charge in [-0.3, -0.25) is 9.80 Å². The van der Waals surface area contributed by atoms with Gasteiger partial charge in [-0.05, 0) is 33.6 Å². The molecule has 29 heavy (non-hydrogen) atoms. The monoisotopic (exact) mass is 479 g/mol. The third kappa shape index (κ3) is 4.57.